The molecule has 1 saturated heterocycles. The molecule has 6 heteroatoms. The highest BCUT2D eigenvalue weighted by Crippen LogP contribution is 2.28. The Labute approximate surface area is 133 Å². The summed E-state index contributed by atoms with van der Waals surface area (Å²) in [5.41, 5.74) is 1.17. The Bertz CT molecular complexity index is 629. The molecule has 2 aromatic rings. The normalized spacial score (nSPS) is 14.5. The number of hydrogen-bond acceptors (Lipinski definition) is 5. The molecule has 0 bridgehead atoms. The third-order valence-corrected chi connectivity index (χ3v) is 4.56. The molecule has 2 heterocycles. The van der Waals surface area contributed by atoms with Gasteiger partial charge in [0.25, 0.3) is 5.91 Å². The molecule has 0 unspecified atom stereocenters. The topological polar surface area (TPSA) is 51.7 Å². The zero-order chi connectivity index (χ0) is 15.5. The van der Waals surface area contributed by atoms with E-state index in [1.807, 2.05) is 23.1 Å². The maximum absolute atomic E-state index is 12.1. The maximum atomic E-state index is 12.1. The molecule has 1 aromatic carbocycles. The number of methoxy groups -OCH3 is 2. The van der Waals surface area contributed by atoms with Crippen molar-refractivity contribution in [1.29, 1.82) is 0 Å². The average molecular weight is 318 g/mol. The van der Waals surface area contributed by atoms with Gasteiger partial charge in [-0.1, -0.05) is 0 Å². The molecule has 1 fully saturated rings. The molecule has 1 aliphatic heterocycles. The van der Waals surface area contributed by atoms with Gasteiger partial charge in [-0.3, -0.25) is 4.79 Å². The predicted octanol–water partition coefficient (Wildman–Crippen LogP) is 2.48. The summed E-state index contributed by atoms with van der Waals surface area (Å²) in [5.74, 6) is 2.16. The molecule has 0 saturated carbocycles. The molecule has 3 rings (SSSR count). The molecule has 0 N–H and O–H groups in total. The molecule has 0 radical (unpaired) electrons. The Morgan fingerprint density at radius 2 is 1.95 bits per heavy atom. The fraction of sp³-hybridized carbons (Fsp3) is 0.375. The van der Waals surface area contributed by atoms with Gasteiger partial charge < -0.3 is 14.4 Å². The lowest BCUT2D eigenvalue weighted by molar-refractivity contribution is 0.0506. The van der Waals surface area contributed by atoms with Crippen molar-refractivity contribution < 1.29 is 14.3 Å². The van der Waals surface area contributed by atoms with Gasteiger partial charge in [0.2, 0.25) is 0 Å². The van der Waals surface area contributed by atoms with Gasteiger partial charge in [-0.05, 0) is 47.6 Å². The van der Waals surface area contributed by atoms with Crippen molar-refractivity contribution in [3.05, 3.63) is 40.9 Å². The van der Waals surface area contributed by atoms with Crippen molar-refractivity contribution in [3.63, 3.8) is 0 Å². The summed E-state index contributed by atoms with van der Waals surface area (Å²) in [7, 11) is 3.30. The second kappa shape index (κ2) is 6.36. The average Bonchev–Trinajstić information content (AvgIpc) is 3.03. The number of carbonyl (C=O) groups excluding carboxylic acids is 1. The number of aromatic nitrogens is 1. The maximum Gasteiger partial charge on any atom is 0.265 e. The van der Waals surface area contributed by atoms with Gasteiger partial charge in [0.1, 0.15) is 16.4 Å². The number of hydrogen-bond donors (Lipinski definition) is 0. The summed E-state index contributed by atoms with van der Waals surface area (Å²) in [6, 6.07) is 7.68. The fourth-order valence-electron chi connectivity index (χ4n) is 2.66. The van der Waals surface area contributed by atoms with Crippen molar-refractivity contribution in [1.82, 2.24) is 9.27 Å². The first-order valence-corrected chi connectivity index (χ1v) is 7.89. The number of likely N-dealkylation sites (tertiary alicyclic amines) is 1. The number of amides is 1. The SMILES string of the molecule is COc1cc(CC2CN(C(=O)c3ccns3)C2)cc(OC)c1. The monoisotopic (exact) mass is 318 g/mol. The van der Waals surface area contributed by atoms with Crippen molar-refractivity contribution in [2.75, 3.05) is 27.3 Å². The summed E-state index contributed by atoms with van der Waals surface area (Å²) in [6.07, 6.45) is 2.58. The predicted molar refractivity (Wildman–Crippen MR) is 84.8 cm³/mol. The van der Waals surface area contributed by atoms with Crippen molar-refractivity contribution in [2.24, 2.45) is 5.92 Å². The van der Waals surface area contributed by atoms with Gasteiger partial charge in [0.05, 0.1) is 14.2 Å². The van der Waals surface area contributed by atoms with Crippen LogP contribution in [0.3, 0.4) is 0 Å². The summed E-state index contributed by atoms with van der Waals surface area (Å²) in [6.45, 7) is 1.58. The molecule has 0 aliphatic carbocycles. The Morgan fingerprint density at radius 1 is 1.27 bits per heavy atom. The van der Waals surface area contributed by atoms with Gasteiger partial charge in [-0.15, -0.1) is 0 Å². The zero-order valence-corrected chi connectivity index (χ0v) is 13.4. The van der Waals surface area contributed by atoms with Crippen LogP contribution in [0.5, 0.6) is 11.5 Å². The van der Waals surface area contributed by atoms with Crippen LogP contribution >= 0.6 is 11.5 Å². The van der Waals surface area contributed by atoms with Gasteiger partial charge >= 0.3 is 0 Å². The molecule has 116 valence electrons. The van der Waals surface area contributed by atoms with E-state index in [1.165, 1.54) is 17.1 Å². The van der Waals surface area contributed by atoms with Crippen LogP contribution in [0.2, 0.25) is 0 Å². The van der Waals surface area contributed by atoms with Crippen LogP contribution in [0.4, 0.5) is 0 Å². The van der Waals surface area contributed by atoms with Crippen LogP contribution in [0.25, 0.3) is 0 Å². The molecule has 1 amide bonds. The van der Waals surface area contributed by atoms with Crippen molar-refractivity contribution in [2.45, 2.75) is 6.42 Å². The second-order valence-corrected chi connectivity index (χ2v) is 6.21. The summed E-state index contributed by atoms with van der Waals surface area (Å²) < 4.78 is 14.6. The lowest BCUT2D eigenvalue weighted by atomic mass is 9.92. The minimum absolute atomic E-state index is 0.0852. The van der Waals surface area contributed by atoms with Gasteiger partial charge in [0, 0.05) is 25.4 Å². The molecule has 0 spiro atoms. The standard InChI is InChI=1S/C16H18N2O3S/c1-20-13-6-11(7-14(8-13)21-2)5-12-9-18(10-12)16(19)15-3-4-17-22-15/h3-4,6-8,12H,5,9-10H2,1-2H3. The fourth-order valence-corrected chi connectivity index (χ4v) is 3.23. The second-order valence-electron chi connectivity index (χ2n) is 5.38. The largest absolute Gasteiger partial charge is 0.497 e. The Kier molecular flexibility index (Phi) is 4.29. The number of nitrogens with zero attached hydrogens (tertiary/aromatic N) is 2. The van der Waals surface area contributed by atoms with Gasteiger partial charge in [-0.25, -0.2) is 4.37 Å². The Balaban J connectivity index is 1.59. The molecular weight excluding hydrogens is 300 g/mol. The number of carbonyl (C=O) groups is 1. The zero-order valence-electron chi connectivity index (χ0n) is 12.6. The van der Waals surface area contributed by atoms with E-state index in [9.17, 15) is 4.79 Å². The number of rotatable bonds is 5. The lowest BCUT2D eigenvalue weighted by Crippen LogP contribution is -2.50. The van der Waals surface area contributed by atoms with Gasteiger partial charge in [0.15, 0.2) is 0 Å². The summed E-state index contributed by atoms with van der Waals surface area (Å²) >= 11 is 1.25. The first kappa shape index (κ1) is 14.8. The van der Waals surface area contributed by atoms with E-state index in [-0.39, 0.29) is 5.91 Å². The highest BCUT2D eigenvalue weighted by atomic mass is 32.1. The van der Waals surface area contributed by atoms with E-state index in [0.717, 1.165) is 31.0 Å². The Morgan fingerprint density at radius 3 is 2.50 bits per heavy atom. The molecule has 1 aliphatic rings. The highest BCUT2D eigenvalue weighted by Gasteiger charge is 2.31. The van der Waals surface area contributed by atoms with E-state index in [4.69, 9.17) is 9.47 Å². The third-order valence-electron chi connectivity index (χ3n) is 3.83. The van der Waals surface area contributed by atoms with Crippen LogP contribution in [0.1, 0.15) is 15.2 Å². The first-order valence-electron chi connectivity index (χ1n) is 7.11. The van der Waals surface area contributed by atoms with Gasteiger partial charge in [-0.2, -0.15) is 0 Å². The van der Waals surface area contributed by atoms with E-state index in [0.29, 0.717) is 10.8 Å². The lowest BCUT2D eigenvalue weighted by Gasteiger charge is -2.39. The van der Waals surface area contributed by atoms with Crippen LogP contribution in [0.15, 0.2) is 30.5 Å². The number of ether oxygens (including phenoxy) is 2. The van der Waals surface area contributed by atoms with E-state index in [2.05, 4.69) is 4.37 Å². The molecule has 0 atom stereocenters. The minimum Gasteiger partial charge on any atom is -0.497 e. The van der Waals surface area contributed by atoms with Crippen LogP contribution in [-0.2, 0) is 6.42 Å². The van der Waals surface area contributed by atoms with E-state index >= 15 is 0 Å². The quantitative estimate of drug-likeness (QED) is 0.850. The third kappa shape index (κ3) is 3.06. The van der Waals surface area contributed by atoms with Crippen LogP contribution in [0, 0.1) is 5.92 Å². The van der Waals surface area contributed by atoms with E-state index in [1.54, 1.807) is 26.5 Å². The minimum atomic E-state index is 0.0852. The Hall–Kier alpha value is -2.08. The van der Waals surface area contributed by atoms with E-state index < -0.39 is 0 Å². The molecule has 22 heavy (non-hydrogen) atoms. The van der Waals surface area contributed by atoms with Crippen LogP contribution < -0.4 is 9.47 Å². The van der Waals surface area contributed by atoms with Crippen molar-refractivity contribution >= 4 is 17.4 Å². The summed E-state index contributed by atoms with van der Waals surface area (Å²) in [4.78, 5) is 14.7. The molecule has 1 aromatic heterocycles. The highest BCUT2D eigenvalue weighted by molar-refractivity contribution is 7.08. The smallest absolute Gasteiger partial charge is 0.265 e. The van der Waals surface area contributed by atoms with Crippen molar-refractivity contribution in [3.8, 4) is 11.5 Å². The number of benzene rings is 1. The molecule has 5 nitrogen and oxygen atoms in total. The van der Waals surface area contributed by atoms with Crippen LogP contribution in [-0.4, -0.2) is 42.5 Å². The molecular formula is C16H18N2O3S. The first-order chi connectivity index (χ1) is 10.7. The summed E-state index contributed by atoms with van der Waals surface area (Å²) in [5, 5.41) is 0.